The van der Waals surface area contributed by atoms with Crippen molar-refractivity contribution in [2.24, 2.45) is 5.92 Å². The molecule has 18 heavy (non-hydrogen) atoms. The van der Waals surface area contributed by atoms with Gasteiger partial charge in [0.1, 0.15) is 0 Å². The first-order valence-corrected chi connectivity index (χ1v) is 7.37. The van der Waals surface area contributed by atoms with Crippen molar-refractivity contribution in [2.75, 3.05) is 6.54 Å². The van der Waals surface area contributed by atoms with Gasteiger partial charge in [-0.05, 0) is 45.2 Å². The Morgan fingerprint density at radius 3 is 2.67 bits per heavy atom. The van der Waals surface area contributed by atoms with Crippen molar-refractivity contribution in [3.05, 3.63) is 18.0 Å². The molecule has 3 heteroatoms. The molecule has 1 saturated heterocycles. The van der Waals surface area contributed by atoms with Crippen LogP contribution >= 0.6 is 0 Å². The average molecular weight is 249 g/mol. The maximum atomic E-state index is 4.53. The summed E-state index contributed by atoms with van der Waals surface area (Å²) in [5, 5.41) is 8.36. The molecule has 2 heterocycles. The second-order valence-electron chi connectivity index (χ2n) is 6.12. The van der Waals surface area contributed by atoms with Gasteiger partial charge in [0.05, 0.1) is 11.2 Å². The molecule has 1 aromatic heterocycles. The lowest BCUT2D eigenvalue weighted by Gasteiger charge is -2.39. The Balaban J connectivity index is 2.42. The molecule has 0 bridgehead atoms. The molecular weight excluding hydrogens is 222 g/mol. The van der Waals surface area contributed by atoms with Gasteiger partial charge in [0.2, 0.25) is 0 Å². The number of nitrogens with zero attached hydrogens (tertiary/aromatic N) is 2. The summed E-state index contributed by atoms with van der Waals surface area (Å²) in [6.07, 6.45) is 7.13. The summed E-state index contributed by atoms with van der Waals surface area (Å²) in [5.41, 5.74) is 1.48. The van der Waals surface area contributed by atoms with Crippen molar-refractivity contribution >= 4 is 0 Å². The Labute approximate surface area is 111 Å². The topological polar surface area (TPSA) is 29.9 Å². The number of hydrogen-bond donors (Lipinski definition) is 1. The second kappa shape index (κ2) is 5.43. The standard InChI is InChI=1S/C15H27N3/c1-12(2)15(9-6-5-7-10-16-15)14-8-11-17-18(14)13(3)4/h8,11-13,16H,5-7,9-10H2,1-4H3. The van der Waals surface area contributed by atoms with Gasteiger partial charge in [0, 0.05) is 12.2 Å². The predicted molar refractivity (Wildman–Crippen MR) is 75.6 cm³/mol. The van der Waals surface area contributed by atoms with Crippen LogP contribution in [0.1, 0.15) is 65.1 Å². The molecule has 1 aliphatic heterocycles. The summed E-state index contributed by atoms with van der Waals surface area (Å²) >= 11 is 0. The molecule has 1 aliphatic rings. The number of aromatic nitrogens is 2. The van der Waals surface area contributed by atoms with E-state index >= 15 is 0 Å². The minimum Gasteiger partial charge on any atom is -0.306 e. The fourth-order valence-corrected chi connectivity index (χ4v) is 3.19. The second-order valence-corrected chi connectivity index (χ2v) is 6.12. The normalized spacial score (nSPS) is 25.7. The van der Waals surface area contributed by atoms with Crippen LogP contribution in [0.5, 0.6) is 0 Å². The molecular formula is C15H27N3. The van der Waals surface area contributed by atoms with E-state index < -0.39 is 0 Å². The minimum atomic E-state index is 0.108. The predicted octanol–water partition coefficient (Wildman–Crippen LogP) is 3.48. The molecule has 1 fully saturated rings. The van der Waals surface area contributed by atoms with E-state index in [2.05, 4.69) is 48.9 Å². The molecule has 1 unspecified atom stereocenters. The molecule has 2 rings (SSSR count). The first-order chi connectivity index (χ1) is 8.58. The van der Waals surface area contributed by atoms with E-state index in [1.54, 1.807) is 0 Å². The van der Waals surface area contributed by atoms with Gasteiger partial charge in [0.15, 0.2) is 0 Å². The maximum absolute atomic E-state index is 4.53. The van der Waals surface area contributed by atoms with Crippen LogP contribution in [0.25, 0.3) is 0 Å². The van der Waals surface area contributed by atoms with Gasteiger partial charge in [0.25, 0.3) is 0 Å². The van der Waals surface area contributed by atoms with E-state index in [0.29, 0.717) is 12.0 Å². The van der Waals surface area contributed by atoms with Crippen LogP contribution in [0.2, 0.25) is 0 Å². The third-order valence-electron chi connectivity index (χ3n) is 4.29. The van der Waals surface area contributed by atoms with Crippen molar-refractivity contribution < 1.29 is 0 Å². The highest BCUT2D eigenvalue weighted by Gasteiger charge is 2.38. The molecule has 0 radical (unpaired) electrons. The molecule has 1 N–H and O–H groups in total. The van der Waals surface area contributed by atoms with Crippen LogP contribution in [0.15, 0.2) is 12.3 Å². The molecule has 0 aromatic carbocycles. The van der Waals surface area contributed by atoms with Crippen molar-refractivity contribution in [1.82, 2.24) is 15.1 Å². The monoisotopic (exact) mass is 249 g/mol. The lowest BCUT2D eigenvalue weighted by atomic mass is 9.79. The van der Waals surface area contributed by atoms with Crippen LogP contribution in [0.4, 0.5) is 0 Å². The highest BCUT2D eigenvalue weighted by Crippen LogP contribution is 2.37. The molecule has 0 saturated carbocycles. The van der Waals surface area contributed by atoms with Gasteiger partial charge < -0.3 is 5.32 Å². The molecule has 0 spiro atoms. The SMILES string of the molecule is CC(C)n1nccc1C1(C(C)C)CCCCCN1. The first-order valence-electron chi connectivity index (χ1n) is 7.37. The van der Waals surface area contributed by atoms with Crippen molar-refractivity contribution in [1.29, 1.82) is 0 Å². The van der Waals surface area contributed by atoms with Crippen LogP contribution in [-0.2, 0) is 5.54 Å². The quantitative estimate of drug-likeness (QED) is 0.889. The van der Waals surface area contributed by atoms with E-state index in [0.717, 1.165) is 6.54 Å². The van der Waals surface area contributed by atoms with Gasteiger partial charge in [-0.2, -0.15) is 5.10 Å². The van der Waals surface area contributed by atoms with Gasteiger partial charge in [-0.3, -0.25) is 4.68 Å². The highest BCUT2D eigenvalue weighted by molar-refractivity contribution is 5.18. The number of nitrogens with one attached hydrogen (secondary N) is 1. The van der Waals surface area contributed by atoms with Crippen LogP contribution in [-0.4, -0.2) is 16.3 Å². The molecule has 1 atom stereocenters. The average Bonchev–Trinajstić information content (AvgIpc) is 2.68. The Bertz CT molecular complexity index is 371. The van der Waals surface area contributed by atoms with E-state index in [1.165, 1.54) is 31.4 Å². The van der Waals surface area contributed by atoms with Gasteiger partial charge in [-0.25, -0.2) is 0 Å². The molecule has 3 nitrogen and oxygen atoms in total. The first kappa shape index (κ1) is 13.6. The lowest BCUT2D eigenvalue weighted by molar-refractivity contribution is 0.209. The smallest absolute Gasteiger partial charge is 0.0628 e. The zero-order valence-electron chi connectivity index (χ0n) is 12.2. The Kier molecular flexibility index (Phi) is 4.10. The fourth-order valence-electron chi connectivity index (χ4n) is 3.19. The fraction of sp³-hybridized carbons (Fsp3) is 0.800. The minimum absolute atomic E-state index is 0.108. The van der Waals surface area contributed by atoms with Gasteiger partial charge in [-0.1, -0.05) is 26.7 Å². The molecule has 102 valence electrons. The van der Waals surface area contributed by atoms with Gasteiger partial charge in [-0.15, -0.1) is 0 Å². The van der Waals surface area contributed by atoms with Crippen LogP contribution < -0.4 is 5.32 Å². The highest BCUT2D eigenvalue weighted by atomic mass is 15.3. The summed E-state index contributed by atoms with van der Waals surface area (Å²) in [6.45, 7) is 10.2. The van der Waals surface area contributed by atoms with E-state index in [9.17, 15) is 0 Å². The molecule has 0 amide bonds. The maximum Gasteiger partial charge on any atom is 0.0628 e. The summed E-state index contributed by atoms with van der Waals surface area (Å²) in [5.74, 6) is 0.588. The summed E-state index contributed by atoms with van der Waals surface area (Å²) in [6, 6.07) is 2.63. The van der Waals surface area contributed by atoms with Gasteiger partial charge >= 0.3 is 0 Å². The third kappa shape index (κ3) is 2.33. The molecule has 0 aliphatic carbocycles. The van der Waals surface area contributed by atoms with Crippen LogP contribution in [0, 0.1) is 5.92 Å². The third-order valence-corrected chi connectivity index (χ3v) is 4.29. The van der Waals surface area contributed by atoms with Crippen molar-refractivity contribution in [3.8, 4) is 0 Å². The lowest BCUT2D eigenvalue weighted by Crippen LogP contribution is -2.48. The van der Waals surface area contributed by atoms with Crippen molar-refractivity contribution in [2.45, 2.75) is 65.0 Å². The van der Waals surface area contributed by atoms with E-state index in [-0.39, 0.29) is 5.54 Å². The largest absolute Gasteiger partial charge is 0.306 e. The zero-order valence-corrected chi connectivity index (χ0v) is 12.2. The number of hydrogen-bond acceptors (Lipinski definition) is 2. The Morgan fingerprint density at radius 1 is 1.22 bits per heavy atom. The molecule has 1 aromatic rings. The Morgan fingerprint density at radius 2 is 2.00 bits per heavy atom. The summed E-state index contributed by atoms with van der Waals surface area (Å²) in [4.78, 5) is 0. The summed E-state index contributed by atoms with van der Waals surface area (Å²) in [7, 11) is 0. The number of rotatable bonds is 3. The van der Waals surface area contributed by atoms with E-state index in [4.69, 9.17) is 0 Å². The van der Waals surface area contributed by atoms with Crippen molar-refractivity contribution in [3.63, 3.8) is 0 Å². The Hall–Kier alpha value is -0.830. The zero-order chi connectivity index (χ0) is 13.2. The van der Waals surface area contributed by atoms with E-state index in [1.807, 2.05) is 6.20 Å². The summed E-state index contributed by atoms with van der Waals surface area (Å²) < 4.78 is 2.19. The van der Waals surface area contributed by atoms with Crippen LogP contribution in [0.3, 0.4) is 0 Å².